The number of benzene rings is 2. The molecule has 0 saturated carbocycles. The molecule has 0 amide bonds. The van der Waals surface area contributed by atoms with Gasteiger partial charge in [0.05, 0.1) is 0 Å². The molecule has 0 fully saturated rings. The molecule has 4 aromatic rings. The molecule has 0 aliphatic carbocycles. The Labute approximate surface area is 162 Å². The number of hydrogen-bond acceptors (Lipinski definition) is 4. The Morgan fingerprint density at radius 3 is 2.85 bits per heavy atom. The summed E-state index contributed by atoms with van der Waals surface area (Å²) in [6.07, 6.45) is 2.79. The zero-order valence-corrected chi connectivity index (χ0v) is 16.3. The number of aromatic amines is 1. The first-order valence-corrected chi connectivity index (χ1v) is 9.99. The number of quaternary nitrogens is 1. The second-order valence-corrected chi connectivity index (χ2v) is 7.81. The summed E-state index contributed by atoms with van der Waals surface area (Å²) in [5.74, 6) is 1.41. The number of nitrogens with one attached hydrogen (secondary N) is 1. The first-order valence-electron chi connectivity index (χ1n) is 9.00. The van der Waals surface area contributed by atoms with E-state index in [1.807, 2.05) is 18.3 Å². The first kappa shape index (κ1) is 17.8. The first-order chi connectivity index (χ1) is 13.1. The number of aryl methyl sites for hydroxylation is 2. The van der Waals surface area contributed by atoms with Crippen molar-refractivity contribution >= 4 is 22.7 Å². The van der Waals surface area contributed by atoms with E-state index in [0.29, 0.717) is 11.1 Å². The van der Waals surface area contributed by atoms with Gasteiger partial charge in [0, 0.05) is 29.3 Å². The van der Waals surface area contributed by atoms with Gasteiger partial charge in [0.2, 0.25) is 0 Å². The zero-order valence-electron chi connectivity index (χ0n) is 15.5. The Hall–Kier alpha value is -2.57. The lowest BCUT2D eigenvalue weighted by Gasteiger charge is -2.05. The van der Waals surface area contributed by atoms with Gasteiger partial charge in [0.1, 0.15) is 0 Å². The maximum absolute atomic E-state index is 5.87. The molecule has 0 aliphatic rings. The van der Waals surface area contributed by atoms with Crippen molar-refractivity contribution in [3.63, 3.8) is 0 Å². The second-order valence-electron chi connectivity index (χ2n) is 6.89. The summed E-state index contributed by atoms with van der Waals surface area (Å²) in [6.45, 7) is 4.23. The fraction of sp³-hybridized carbons (Fsp3) is 0.238. The minimum Gasteiger partial charge on any atom is -0.410 e. The smallest absolute Gasteiger partial charge is 0.277 e. The molecule has 2 heterocycles. The van der Waals surface area contributed by atoms with Crippen molar-refractivity contribution in [1.82, 2.24) is 15.2 Å². The number of H-pyrrole nitrogens is 1. The maximum Gasteiger partial charge on any atom is 0.277 e. The van der Waals surface area contributed by atoms with Gasteiger partial charge in [-0.2, -0.15) is 0 Å². The van der Waals surface area contributed by atoms with Crippen LogP contribution in [0.1, 0.15) is 34.2 Å². The van der Waals surface area contributed by atoms with Crippen molar-refractivity contribution in [3.8, 4) is 0 Å². The highest BCUT2D eigenvalue weighted by Crippen LogP contribution is 2.26. The van der Waals surface area contributed by atoms with E-state index >= 15 is 0 Å². The lowest BCUT2D eigenvalue weighted by Crippen LogP contribution is -2.54. The molecule has 4 N–H and O–H groups in total. The van der Waals surface area contributed by atoms with Crippen LogP contribution in [0, 0.1) is 13.8 Å². The molecule has 0 radical (unpaired) electrons. The van der Waals surface area contributed by atoms with Crippen LogP contribution in [0.5, 0.6) is 0 Å². The van der Waals surface area contributed by atoms with Gasteiger partial charge in [0.25, 0.3) is 11.1 Å². The van der Waals surface area contributed by atoms with E-state index in [0.717, 1.165) is 17.7 Å². The van der Waals surface area contributed by atoms with Crippen molar-refractivity contribution in [2.24, 2.45) is 0 Å². The topological polar surface area (TPSA) is 82.4 Å². The van der Waals surface area contributed by atoms with Crippen LogP contribution in [-0.4, -0.2) is 15.2 Å². The van der Waals surface area contributed by atoms with Gasteiger partial charge in [-0.05, 0) is 36.6 Å². The van der Waals surface area contributed by atoms with E-state index in [1.54, 1.807) is 11.8 Å². The lowest BCUT2D eigenvalue weighted by atomic mass is 10.1. The van der Waals surface area contributed by atoms with Gasteiger partial charge in [-0.3, -0.25) is 0 Å². The third-order valence-electron chi connectivity index (χ3n) is 4.77. The van der Waals surface area contributed by atoms with E-state index in [9.17, 15) is 0 Å². The van der Waals surface area contributed by atoms with Crippen molar-refractivity contribution in [1.29, 1.82) is 0 Å². The molecule has 1 unspecified atom stereocenters. The molecule has 6 heteroatoms. The number of aromatic nitrogens is 3. The van der Waals surface area contributed by atoms with Gasteiger partial charge >= 0.3 is 0 Å². The number of thioether (sulfide) groups is 1. The molecule has 4 rings (SSSR count). The molecule has 2 aromatic heterocycles. The number of nitrogens with zero attached hydrogens (tertiary/aromatic N) is 2. The van der Waals surface area contributed by atoms with Crippen molar-refractivity contribution in [2.45, 2.75) is 37.3 Å². The summed E-state index contributed by atoms with van der Waals surface area (Å²) in [6, 6.07) is 14.7. The van der Waals surface area contributed by atoms with Crippen LogP contribution in [0.15, 0.2) is 58.3 Å². The number of fused-ring (bicyclic) bond motifs is 1. The summed E-state index contributed by atoms with van der Waals surface area (Å²) >= 11 is 1.57. The van der Waals surface area contributed by atoms with Crippen LogP contribution in [0.4, 0.5) is 0 Å². The maximum atomic E-state index is 5.87. The van der Waals surface area contributed by atoms with Gasteiger partial charge in [-0.15, -0.1) is 10.2 Å². The quantitative estimate of drug-likeness (QED) is 0.496. The van der Waals surface area contributed by atoms with Gasteiger partial charge in [-0.25, -0.2) is 0 Å². The van der Waals surface area contributed by atoms with Gasteiger partial charge < -0.3 is 15.1 Å². The van der Waals surface area contributed by atoms with Gasteiger partial charge in [0.15, 0.2) is 6.04 Å². The van der Waals surface area contributed by atoms with Crippen LogP contribution >= 0.6 is 11.8 Å². The number of hydrogen-bond donors (Lipinski definition) is 2. The number of para-hydroxylation sites is 1. The third kappa shape index (κ3) is 3.91. The summed E-state index contributed by atoms with van der Waals surface area (Å²) in [4.78, 5) is 3.30. The molecule has 5 nitrogen and oxygen atoms in total. The molecular formula is C21H23N4OS+. The van der Waals surface area contributed by atoms with Crippen LogP contribution < -0.4 is 5.73 Å². The van der Waals surface area contributed by atoms with Crippen LogP contribution in [0.25, 0.3) is 10.9 Å². The summed E-state index contributed by atoms with van der Waals surface area (Å²) < 4.78 is 5.87. The Morgan fingerprint density at radius 2 is 1.96 bits per heavy atom. The third-order valence-corrected chi connectivity index (χ3v) is 5.64. The molecular weight excluding hydrogens is 356 g/mol. The fourth-order valence-corrected chi connectivity index (χ4v) is 4.03. The van der Waals surface area contributed by atoms with Crippen LogP contribution in [-0.2, 0) is 12.2 Å². The Bertz CT molecular complexity index is 1070. The SMILES string of the molecule is Cc1ccc(C)c(CSc2nnc(C([NH3+])Cc3c[nH]c4ccccc34)o2)c1. The van der Waals surface area contributed by atoms with Gasteiger partial charge in [-0.1, -0.05) is 53.7 Å². The Morgan fingerprint density at radius 1 is 1.11 bits per heavy atom. The Balaban J connectivity index is 1.43. The minimum atomic E-state index is -0.0771. The zero-order chi connectivity index (χ0) is 18.8. The highest BCUT2D eigenvalue weighted by Gasteiger charge is 2.20. The standard InChI is InChI=1S/C21H22N4OS/c1-13-7-8-14(2)16(9-13)12-27-21-25-24-20(26-21)18(22)10-15-11-23-19-6-4-3-5-17(15)19/h3-9,11,18,23H,10,12,22H2,1-2H3/p+1. The molecule has 138 valence electrons. The molecule has 0 aliphatic heterocycles. The van der Waals surface area contributed by atoms with Crippen molar-refractivity contribution in [3.05, 3.63) is 76.8 Å². The predicted molar refractivity (Wildman–Crippen MR) is 107 cm³/mol. The fourth-order valence-electron chi connectivity index (χ4n) is 3.19. The van der Waals surface area contributed by atoms with E-state index < -0.39 is 0 Å². The average molecular weight is 380 g/mol. The normalized spacial score (nSPS) is 12.6. The van der Waals surface area contributed by atoms with Crippen molar-refractivity contribution in [2.75, 3.05) is 0 Å². The predicted octanol–water partition coefficient (Wildman–Crippen LogP) is 3.99. The Kier molecular flexibility index (Phi) is 5.01. The molecule has 1 atom stereocenters. The van der Waals surface area contributed by atoms with E-state index in [1.165, 1.54) is 27.6 Å². The molecule has 0 bridgehead atoms. The second kappa shape index (κ2) is 7.58. The molecule has 2 aromatic carbocycles. The molecule has 27 heavy (non-hydrogen) atoms. The van der Waals surface area contributed by atoms with E-state index in [2.05, 4.69) is 65.1 Å². The van der Waals surface area contributed by atoms with Crippen LogP contribution in [0.3, 0.4) is 0 Å². The lowest BCUT2D eigenvalue weighted by molar-refractivity contribution is -0.431. The average Bonchev–Trinajstić information content (AvgIpc) is 3.30. The highest BCUT2D eigenvalue weighted by molar-refractivity contribution is 7.98. The molecule has 0 spiro atoms. The molecule has 0 saturated heterocycles. The minimum absolute atomic E-state index is 0.0771. The summed E-state index contributed by atoms with van der Waals surface area (Å²) in [5.41, 5.74) is 10.4. The van der Waals surface area contributed by atoms with Crippen molar-refractivity contribution < 1.29 is 10.2 Å². The number of rotatable bonds is 6. The van der Waals surface area contributed by atoms with E-state index in [4.69, 9.17) is 4.42 Å². The monoisotopic (exact) mass is 379 g/mol. The van der Waals surface area contributed by atoms with Crippen LogP contribution in [0.2, 0.25) is 0 Å². The summed E-state index contributed by atoms with van der Waals surface area (Å²) in [7, 11) is 0. The largest absolute Gasteiger partial charge is 0.410 e. The summed E-state index contributed by atoms with van der Waals surface area (Å²) in [5, 5.41) is 10.2. The highest BCUT2D eigenvalue weighted by atomic mass is 32.2. The van der Waals surface area contributed by atoms with E-state index in [-0.39, 0.29) is 6.04 Å².